The van der Waals surface area contributed by atoms with Gasteiger partial charge in [-0.1, -0.05) is 133 Å². The Labute approximate surface area is 285 Å². The maximum absolute atomic E-state index is 6.60. The SMILES string of the molecule is c1ccc(-c2ccc(-c3ccc(N(c4cccc(-c5ccccc5)c4)c4ccc5c(c4)Oc4cccc6cccc(c46)O5)cc3)cc2)cc1. The first-order valence-corrected chi connectivity index (χ1v) is 16.5. The Bertz CT molecular complexity index is 2410. The summed E-state index contributed by atoms with van der Waals surface area (Å²) in [5, 5.41) is 2.06. The Morgan fingerprint density at radius 3 is 1.39 bits per heavy atom. The van der Waals surface area contributed by atoms with E-state index in [9.17, 15) is 0 Å². The first-order valence-electron chi connectivity index (χ1n) is 16.5. The molecule has 0 N–H and O–H groups in total. The normalized spacial score (nSPS) is 11.6. The Balaban J connectivity index is 1.12. The van der Waals surface area contributed by atoms with Crippen LogP contribution in [0.15, 0.2) is 188 Å². The minimum absolute atomic E-state index is 0.667. The fourth-order valence-electron chi connectivity index (χ4n) is 6.67. The van der Waals surface area contributed by atoms with Crippen molar-refractivity contribution >= 4 is 27.8 Å². The van der Waals surface area contributed by atoms with Gasteiger partial charge in [-0.15, -0.1) is 0 Å². The van der Waals surface area contributed by atoms with Crippen LogP contribution >= 0.6 is 0 Å². The van der Waals surface area contributed by atoms with Crippen LogP contribution in [0, 0.1) is 0 Å². The molecule has 8 aromatic carbocycles. The van der Waals surface area contributed by atoms with Gasteiger partial charge in [0, 0.05) is 17.4 Å². The number of benzene rings is 8. The van der Waals surface area contributed by atoms with Crippen molar-refractivity contribution in [2.45, 2.75) is 0 Å². The van der Waals surface area contributed by atoms with E-state index >= 15 is 0 Å². The standard InChI is InChI=1S/C46H31NO2/c1-3-10-32(11-4-1)34-20-22-35(23-21-34)36-24-26-39(27-25-36)47(40-17-7-16-38(30-40)33-12-5-2-6-13-33)41-28-29-42-45(31-41)49-44-19-9-15-37-14-8-18-43(48-42)46(37)44/h1-31H. The lowest BCUT2D eigenvalue weighted by atomic mass is 10.00. The zero-order chi connectivity index (χ0) is 32.6. The number of rotatable bonds is 6. The van der Waals surface area contributed by atoms with E-state index in [0.29, 0.717) is 11.5 Å². The number of fused-ring (bicyclic) bond motifs is 1. The molecule has 0 bridgehead atoms. The molecule has 3 nitrogen and oxygen atoms in total. The van der Waals surface area contributed by atoms with Gasteiger partial charge in [0.25, 0.3) is 0 Å². The Kier molecular flexibility index (Phi) is 7.14. The van der Waals surface area contributed by atoms with Crippen LogP contribution in [0.5, 0.6) is 23.0 Å². The van der Waals surface area contributed by atoms with E-state index < -0.39 is 0 Å². The van der Waals surface area contributed by atoms with E-state index in [-0.39, 0.29) is 0 Å². The van der Waals surface area contributed by atoms with Gasteiger partial charge in [0.15, 0.2) is 11.5 Å². The third kappa shape index (κ3) is 5.48. The Morgan fingerprint density at radius 2 is 0.755 bits per heavy atom. The zero-order valence-corrected chi connectivity index (χ0v) is 26.7. The Hall–Kier alpha value is -6.58. The molecule has 232 valence electrons. The van der Waals surface area contributed by atoms with Gasteiger partial charge in [-0.3, -0.25) is 0 Å². The summed E-state index contributed by atoms with van der Waals surface area (Å²) in [5.41, 5.74) is 10.1. The highest BCUT2D eigenvalue weighted by Crippen LogP contribution is 2.48. The molecule has 0 saturated carbocycles. The quantitative estimate of drug-likeness (QED) is 0.183. The molecule has 49 heavy (non-hydrogen) atoms. The molecule has 9 rings (SSSR count). The van der Waals surface area contributed by atoms with Gasteiger partial charge >= 0.3 is 0 Å². The molecule has 0 radical (unpaired) electrons. The van der Waals surface area contributed by atoms with E-state index in [2.05, 4.69) is 150 Å². The van der Waals surface area contributed by atoms with Crippen LogP contribution in [-0.4, -0.2) is 0 Å². The molecule has 0 saturated heterocycles. The first kappa shape index (κ1) is 28.6. The summed E-state index contributed by atoms with van der Waals surface area (Å²) in [6.45, 7) is 0. The molecule has 0 atom stereocenters. The molecule has 0 aliphatic carbocycles. The van der Waals surface area contributed by atoms with Crippen molar-refractivity contribution in [1.82, 2.24) is 0 Å². The van der Waals surface area contributed by atoms with E-state index in [1.165, 1.54) is 22.3 Å². The van der Waals surface area contributed by atoms with Crippen molar-refractivity contribution in [2.24, 2.45) is 0 Å². The van der Waals surface area contributed by atoms with Crippen LogP contribution in [0.3, 0.4) is 0 Å². The maximum Gasteiger partial charge on any atom is 0.172 e. The highest BCUT2D eigenvalue weighted by atomic mass is 16.5. The molecule has 8 aromatic rings. The zero-order valence-electron chi connectivity index (χ0n) is 26.7. The number of nitrogens with zero attached hydrogens (tertiary/aromatic N) is 1. The maximum atomic E-state index is 6.60. The number of anilines is 3. The third-order valence-corrected chi connectivity index (χ3v) is 9.12. The molecule has 1 aliphatic rings. The molecule has 0 spiro atoms. The molecule has 0 aromatic heterocycles. The monoisotopic (exact) mass is 629 g/mol. The number of ether oxygens (including phenoxy) is 2. The third-order valence-electron chi connectivity index (χ3n) is 9.12. The largest absolute Gasteiger partial charge is 0.453 e. The fraction of sp³-hybridized carbons (Fsp3) is 0. The van der Waals surface area contributed by atoms with Gasteiger partial charge in [0.05, 0.1) is 11.1 Å². The van der Waals surface area contributed by atoms with Gasteiger partial charge in [0.1, 0.15) is 11.5 Å². The van der Waals surface area contributed by atoms with Crippen LogP contribution in [0.1, 0.15) is 0 Å². The number of hydrogen-bond acceptors (Lipinski definition) is 3. The van der Waals surface area contributed by atoms with E-state index in [0.717, 1.165) is 50.5 Å². The minimum Gasteiger partial charge on any atom is -0.453 e. The van der Waals surface area contributed by atoms with Gasteiger partial charge < -0.3 is 14.4 Å². The van der Waals surface area contributed by atoms with Crippen LogP contribution < -0.4 is 14.4 Å². The Morgan fingerprint density at radius 1 is 0.286 bits per heavy atom. The summed E-state index contributed by atoms with van der Waals surface area (Å²) in [6, 6.07) is 65.6. The summed E-state index contributed by atoms with van der Waals surface area (Å²) in [5.74, 6) is 2.92. The van der Waals surface area contributed by atoms with E-state index in [1.54, 1.807) is 0 Å². The average molecular weight is 630 g/mol. The second-order valence-corrected chi connectivity index (χ2v) is 12.2. The highest BCUT2D eigenvalue weighted by Gasteiger charge is 2.21. The predicted octanol–water partition coefficient (Wildman–Crippen LogP) is 13.2. The summed E-state index contributed by atoms with van der Waals surface area (Å²) < 4.78 is 13.1. The summed E-state index contributed by atoms with van der Waals surface area (Å²) in [7, 11) is 0. The van der Waals surface area contributed by atoms with Crippen molar-refractivity contribution in [2.75, 3.05) is 4.90 Å². The van der Waals surface area contributed by atoms with E-state index in [1.807, 2.05) is 42.5 Å². The van der Waals surface area contributed by atoms with Crippen molar-refractivity contribution in [3.05, 3.63) is 188 Å². The lowest BCUT2D eigenvalue weighted by Crippen LogP contribution is -2.10. The van der Waals surface area contributed by atoms with Crippen molar-refractivity contribution in [3.63, 3.8) is 0 Å². The van der Waals surface area contributed by atoms with E-state index in [4.69, 9.17) is 9.47 Å². The van der Waals surface area contributed by atoms with Crippen LogP contribution in [0.4, 0.5) is 17.1 Å². The average Bonchev–Trinajstić information content (AvgIpc) is 3.33. The molecule has 0 unspecified atom stereocenters. The highest BCUT2D eigenvalue weighted by molar-refractivity contribution is 5.95. The second kappa shape index (κ2) is 12.2. The molecule has 3 heteroatoms. The summed E-state index contributed by atoms with van der Waals surface area (Å²) in [4.78, 5) is 2.27. The topological polar surface area (TPSA) is 21.7 Å². The summed E-state index contributed by atoms with van der Waals surface area (Å²) >= 11 is 0. The first-order chi connectivity index (χ1) is 24.3. The molecule has 0 fully saturated rings. The van der Waals surface area contributed by atoms with Gasteiger partial charge in [0.2, 0.25) is 0 Å². The second-order valence-electron chi connectivity index (χ2n) is 12.2. The smallest absolute Gasteiger partial charge is 0.172 e. The fourth-order valence-corrected chi connectivity index (χ4v) is 6.67. The molecule has 1 aliphatic heterocycles. The van der Waals surface area contributed by atoms with Crippen molar-refractivity contribution in [1.29, 1.82) is 0 Å². The molecule has 0 amide bonds. The van der Waals surface area contributed by atoms with Crippen LogP contribution in [-0.2, 0) is 0 Å². The summed E-state index contributed by atoms with van der Waals surface area (Å²) in [6.07, 6.45) is 0. The number of hydrogen-bond donors (Lipinski definition) is 0. The van der Waals surface area contributed by atoms with Crippen molar-refractivity contribution in [3.8, 4) is 56.4 Å². The van der Waals surface area contributed by atoms with Gasteiger partial charge in [-0.25, -0.2) is 0 Å². The van der Waals surface area contributed by atoms with Gasteiger partial charge in [-0.2, -0.15) is 0 Å². The molecule has 1 heterocycles. The lowest BCUT2D eigenvalue weighted by Gasteiger charge is -2.27. The minimum atomic E-state index is 0.667. The van der Waals surface area contributed by atoms with Crippen LogP contribution in [0.25, 0.3) is 44.2 Å². The lowest BCUT2D eigenvalue weighted by molar-refractivity contribution is 0.439. The molecular weight excluding hydrogens is 599 g/mol. The van der Waals surface area contributed by atoms with Gasteiger partial charge in [-0.05, 0) is 87.3 Å². The van der Waals surface area contributed by atoms with Crippen molar-refractivity contribution < 1.29 is 9.47 Å². The predicted molar refractivity (Wildman–Crippen MR) is 202 cm³/mol. The molecular formula is C46H31NO2. The van der Waals surface area contributed by atoms with Crippen LogP contribution in [0.2, 0.25) is 0 Å².